The number of nitrogens with zero attached hydrogens (tertiary/aromatic N) is 1. The molecule has 0 bridgehead atoms. The molecule has 0 aromatic heterocycles. The first-order chi connectivity index (χ1) is 11.8. The first kappa shape index (κ1) is 17.4. The number of hydrogen-bond acceptors (Lipinski definition) is 5. The van der Waals surface area contributed by atoms with Crippen LogP contribution in [-0.2, 0) is 9.53 Å². The highest BCUT2D eigenvalue weighted by atomic mass is 16.6. The molecule has 7 nitrogen and oxygen atoms in total. The van der Waals surface area contributed by atoms with Crippen LogP contribution in [0, 0.1) is 0 Å². The SMILES string of the molecule is CC(C)(C)OC(=O)NC1CCN(C(=O)C2COc3ccccc3O2)C1. The van der Waals surface area contributed by atoms with Crippen LogP contribution in [0.5, 0.6) is 11.5 Å². The van der Waals surface area contributed by atoms with Crippen LogP contribution in [0.15, 0.2) is 24.3 Å². The molecule has 2 unspecified atom stereocenters. The standard InChI is InChI=1S/C18H24N2O5/c1-18(2,3)25-17(22)19-12-8-9-20(10-12)16(21)15-11-23-13-6-4-5-7-14(13)24-15/h4-7,12,15H,8-11H2,1-3H3,(H,19,22). The summed E-state index contributed by atoms with van der Waals surface area (Å²) in [6.45, 7) is 6.65. The Kier molecular flexibility index (Phi) is 4.74. The number of ether oxygens (including phenoxy) is 3. The molecule has 0 spiro atoms. The Morgan fingerprint density at radius 3 is 2.68 bits per heavy atom. The molecule has 1 fully saturated rings. The quantitative estimate of drug-likeness (QED) is 0.884. The Hall–Kier alpha value is -2.44. The third kappa shape index (κ3) is 4.35. The number of nitrogens with one attached hydrogen (secondary N) is 1. The van der Waals surface area contributed by atoms with Crippen LogP contribution in [0.2, 0.25) is 0 Å². The summed E-state index contributed by atoms with van der Waals surface area (Å²) in [6, 6.07) is 7.18. The van der Waals surface area contributed by atoms with Gasteiger partial charge in [0.25, 0.3) is 5.91 Å². The van der Waals surface area contributed by atoms with Crippen molar-refractivity contribution >= 4 is 12.0 Å². The lowest BCUT2D eigenvalue weighted by atomic mass is 10.2. The van der Waals surface area contributed by atoms with Crippen LogP contribution in [0.1, 0.15) is 27.2 Å². The maximum absolute atomic E-state index is 12.6. The van der Waals surface area contributed by atoms with Gasteiger partial charge in [0.1, 0.15) is 12.2 Å². The average Bonchev–Trinajstić information content (AvgIpc) is 3.00. The van der Waals surface area contributed by atoms with Gasteiger partial charge >= 0.3 is 6.09 Å². The van der Waals surface area contributed by atoms with E-state index in [-0.39, 0.29) is 18.6 Å². The van der Waals surface area contributed by atoms with Gasteiger partial charge in [-0.15, -0.1) is 0 Å². The van der Waals surface area contributed by atoms with E-state index in [1.807, 2.05) is 39.0 Å². The van der Waals surface area contributed by atoms with E-state index in [1.54, 1.807) is 11.0 Å². The predicted molar refractivity (Wildman–Crippen MR) is 90.7 cm³/mol. The van der Waals surface area contributed by atoms with Crippen molar-refractivity contribution < 1.29 is 23.8 Å². The fourth-order valence-corrected chi connectivity index (χ4v) is 2.90. The molecule has 2 amide bonds. The molecule has 2 aliphatic heterocycles. The topological polar surface area (TPSA) is 77.1 Å². The number of para-hydroxylation sites is 2. The maximum atomic E-state index is 12.6. The zero-order valence-electron chi connectivity index (χ0n) is 14.8. The second kappa shape index (κ2) is 6.82. The highest BCUT2D eigenvalue weighted by Gasteiger charge is 2.35. The molecule has 136 valence electrons. The Labute approximate surface area is 147 Å². The Morgan fingerprint density at radius 2 is 1.96 bits per heavy atom. The van der Waals surface area contributed by atoms with Crippen molar-refractivity contribution in [3.05, 3.63) is 24.3 Å². The van der Waals surface area contributed by atoms with Crippen molar-refractivity contribution in [1.29, 1.82) is 0 Å². The highest BCUT2D eigenvalue weighted by Crippen LogP contribution is 2.31. The fraction of sp³-hybridized carbons (Fsp3) is 0.556. The molecule has 1 N–H and O–H groups in total. The second-order valence-corrected chi connectivity index (χ2v) is 7.28. The van der Waals surface area contributed by atoms with Crippen molar-refractivity contribution in [2.75, 3.05) is 19.7 Å². The van der Waals surface area contributed by atoms with Gasteiger partial charge in [-0.05, 0) is 39.3 Å². The van der Waals surface area contributed by atoms with E-state index < -0.39 is 17.8 Å². The molecule has 0 saturated carbocycles. The summed E-state index contributed by atoms with van der Waals surface area (Å²) in [5, 5.41) is 2.81. The van der Waals surface area contributed by atoms with Crippen molar-refractivity contribution in [2.45, 2.75) is 44.9 Å². The van der Waals surface area contributed by atoms with E-state index in [2.05, 4.69) is 5.32 Å². The second-order valence-electron chi connectivity index (χ2n) is 7.28. The fourth-order valence-electron chi connectivity index (χ4n) is 2.90. The zero-order chi connectivity index (χ0) is 18.0. The summed E-state index contributed by atoms with van der Waals surface area (Å²) in [6.07, 6.45) is -0.428. The normalized spacial score (nSPS) is 22.4. The van der Waals surface area contributed by atoms with Gasteiger partial charge in [-0.25, -0.2) is 4.79 Å². The van der Waals surface area contributed by atoms with E-state index in [4.69, 9.17) is 14.2 Å². The molecule has 1 aromatic rings. The minimum absolute atomic E-state index is 0.115. The van der Waals surface area contributed by atoms with Crippen molar-refractivity contribution in [3.8, 4) is 11.5 Å². The third-order valence-electron chi connectivity index (χ3n) is 4.00. The summed E-state index contributed by atoms with van der Waals surface area (Å²) in [7, 11) is 0. The molecular formula is C18H24N2O5. The number of fused-ring (bicyclic) bond motifs is 1. The first-order valence-electron chi connectivity index (χ1n) is 8.48. The van der Waals surface area contributed by atoms with Gasteiger partial charge in [0.2, 0.25) is 6.10 Å². The molecule has 2 heterocycles. The molecule has 2 aliphatic rings. The van der Waals surface area contributed by atoms with Crippen molar-refractivity contribution in [2.24, 2.45) is 0 Å². The van der Waals surface area contributed by atoms with Crippen LogP contribution in [0.3, 0.4) is 0 Å². The highest BCUT2D eigenvalue weighted by molar-refractivity contribution is 5.82. The van der Waals surface area contributed by atoms with Crippen LogP contribution < -0.4 is 14.8 Å². The van der Waals surface area contributed by atoms with E-state index in [0.717, 1.165) is 0 Å². The Balaban J connectivity index is 1.52. The number of amides is 2. The molecule has 1 saturated heterocycles. The lowest BCUT2D eigenvalue weighted by Crippen LogP contribution is -2.47. The van der Waals surface area contributed by atoms with Crippen molar-refractivity contribution in [3.63, 3.8) is 0 Å². The number of carbonyl (C=O) groups excluding carboxylic acids is 2. The molecule has 7 heteroatoms. The Bertz CT molecular complexity index is 655. The lowest BCUT2D eigenvalue weighted by molar-refractivity contribution is -0.140. The van der Waals surface area contributed by atoms with E-state index >= 15 is 0 Å². The number of rotatable bonds is 2. The molecule has 2 atom stereocenters. The summed E-state index contributed by atoms with van der Waals surface area (Å²) in [5.41, 5.74) is -0.543. The van der Waals surface area contributed by atoms with Crippen LogP contribution in [0.4, 0.5) is 4.79 Å². The van der Waals surface area contributed by atoms with Crippen LogP contribution in [-0.4, -0.2) is 54.3 Å². The maximum Gasteiger partial charge on any atom is 0.407 e. The number of carbonyl (C=O) groups is 2. The first-order valence-corrected chi connectivity index (χ1v) is 8.48. The minimum atomic E-state index is -0.657. The monoisotopic (exact) mass is 348 g/mol. The molecular weight excluding hydrogens is 324 g/mol. The zero-order valence-corrected chi connectivity index (χ0v) is 14.8. The molecule has 3 rings (SSSR count). The Morgan fingerprint density at radius 1 is 1.24 bits per heavy atom. The molecule has 1 aromatic carbocycles. The van der Waals surface area contributed by atoms with Gasteiger partial charge in [0.05, 0.1) is 6.04 Å². The largest absolute Gasteiger partial charge is 0.485 e. The number of benzene rings is 1. The lowest BCUT2D eigenvalue weighted by Gasteiger charge is -2.28. The van der Waals surface area contributed by atoms with Crippen LogP contribution in [0.25, 0.3) is 0 Å². The van der Waals surface area contributed by atoms with E-state index in [1.165, 1.54) is 0 Å². The van der Waals surface area contributed by atoms with Gasteiger partial charge in [0, 0.05) is 13.1 Å². The summed E-state index contributed by atoms with van der Waals surface area (Å²) in [5.74, 6) is 1.11. The van der Waals surface area contributed by atoms with E-state index in [9.17, 15) is 9.59 Å². The van der Waals surface area contributed by atoms with Crippen LogP contribution >= 0.6 is 0 Å². The van der Waals surface area contributed by atoms with Gasteiger partial charge in [-0.2, -0.15) is 0 Å². The van der Waals surface area contributed by atoms with Gasteiger partial charge in [-0.3, -0.25) is 4.79 Å². The van der Waals surface area contributed by atoms with Crippen molar-refractivity contribution in [1.82, 2.24) is 10.2 Å². The molecule has 0 radical (unpaired) electrons. The average molecular weight is 348 g/mol. The van der Waals surface area contributed by atoms with Gasteiger partial charge in [-0.1, -0.05) is 12.1 Å². The molecule has 25 heavy (non-hydrogen) atoms. The van der Waals surface area contributed by atoms with Gasteiger partial charge < -0.3 is 24.4 Å². The summed E-state index contributed by atoms with van der Waals surface area (Å²) < 4.78 is 16.6. The number of alkyl carbamates (subject to hydrolysis) is 1. The minimum Gasteiger partial charge on any atom is -0.485 e. The summed E-state index contributed by atoms with van der Waals surface area (Å²) >= 11 is 0. The molecule has 0 aliphatic carbocycles. The third-order valence-corrected chi connectivity index (χ3v) is 4.00. The van der Waals surface area contributed by atoms with E-state index in [0.29, 0.717) is 31.0 Å². The van der Waals surface area contributed by atoms with Gasteiger partial charge in [0.15, 0.2) is 11.5 Å². The number of likely N-dealkylation sites (tertiary alicyclic amines) is 1. The number of hydrogen-bond donors (Lipinski definition) is 1. The summed E-state index contributed by atoms with van der Waals surface area (Å²) in [4.78, 5) is 26.2. The smallest absolute Gasteiger partial charge is 0.407 e. The predicted octanol–water partition coefficient (Wildman–Crippen LogP) is 1.95.